The number of rotatable bonds is 2. The van der Waals surface area contributed by atoms with E-state index in [1.807, 2.05) is 0 Å². The minimum atomic E-state index is -5.01. The molecule has 3 rings (SSSR count). The van der Waals surface area contributed by atoms with Gasteiger partial charge in [0.1, 0.15) is 0 Å². The van der Waals surface area contributed by atoms with Crippen molar-refractivity contribution in [1.29, 1.82) is 0 Å². The molecule has 3 aromatic heterocycles. The fourth-order valence-electron chi connectivity index (χ4n) is 2.51. The summed E-state index contributed by atoms with van der Waals surface area (Å²) in [4.78, 5) is 7.50. The van der Waals surface area contributed by atoms with Crippen LogP contribution >= 0.6 is 11.6 Å². The summed E-state index contributed by atoms with van der Waals surface area (Å²) < 4.78 is 79.2. The Morgan fingerprint density at radius 3 is 2.33 bits per heavy atom. The summed E-state index contributed by atoms with van der Waals surface area (Å²) in [6.07, 6.45) is -7.04. The molecule has 0 aliphatic heterocycles. The van der Waals surface area contributed by atoms with Crippen molar-refractivity contribution in [2.75, 3.05) is 0 Å². The molecular weight excluding hydrogens is 400 g/mol. The summed E-state index contributed by atoms with van der Waals surface area (Å²) in [5.41, 5.74) is -5.02. The summed E-state index contributed by atoms with van der Waals surface area (Å²) in [6.45, 7) is 0.558. The van der Waals surface area contributed by atoms with Gasteiger partial charge >= 0.3 is 12.4 Å². The third-order valence-corrected chi connectivity index (χ3v) is 4.29. The maximum Gasteiger partial charge on any atom is 0.421 e. The van der Waals surface area contributed by atoms with E-state index in [1.165, 1.54) is 18.3 Å². The first-order valence-corrected chi connectivity index (χ1v) is 7.70. The highest BCUT2D eigenvalue weighted by atomic mass is 35.5. The summed E-state index contributed by atoms with van der Waals surface area (Å²) in [6, 6.07) is 3.42. The summed E-state index contributed by atoms with van der Waals surface area (Å²) in [5.74, 6) is -0.230. The van der Waals surface area contributed by atoms with E-state index in [0.29, 0.717) is 19.2 Å². The van der Waals surface area contributed by atoms with E-state index in [1.54, 1.807) is 0 Å². The van der Waals surface area contributed by atoms with Crippen LogP contribution in [-0.4, -0.2) is 25.8 Å². The zero-order valence-corrected chi connectivity index (χ0v) is 14.2. The van der Waals surface area contributed by atoms with E-state index >= 15 is 0 Å². The zero-order chi connectivity index (χ0) is 20.2. The molecule has 0 aromatic carbocycles. The van der Waals surface area contributed by atoms with Crippen molar-refractivity contribution in [2.24, 2.45) is 0 Å². The number of nitrogens with zero attached hydrogens (tertiary/aromatic N) is 3. The van der Waals surface area contributed by atoms with Crippen LogP contribution in [0.5, 0.6) is 0 Å². The first-order valence-electron chi connectivity index (χ1n) is 7.33. The summed E-state index contributed by atoms with van der Waals surface area (Å²) in [7, 11) is 0. The number of aromatic nitrogens is 3. The van der Waals surface area contributed by atoms with Crippen LogP contribution in [0, 0.1) is 0 Å². The summed E-state index contributed by atoms with van der Waals surface area (Å²) in [5, 5.41) is 9.59. The van der Waals surface area contributed by atoms with Crippen LogP contribution in [0.1, 0.15) is 18.1 Å². The molecule has 0 aliphatic carbocycles. The molecule has 0 saturated heterocycles. The standard InChI is InChI=1S/C16H10ClF6N3O/c1-14(27,16(21,22)23)9-7-26(11-3-2-4-24-12(9)11)13-10(17)5-8(6-25-13)15(18,19)20/h2-7,27H,1H3. The minimum Gasteiger partial charge on any atom is -0.376 e. The van der Waals surface area contributed by atoms with Gasteiger partial charge in [0.2, 0.25) is 0 Å². The number of hydrogen-bond donors (Lipinski definition) is 1. The largest absolute Gasteiger partial charge is 0.421 e. The smallest absolute Gasteiger partial charge is 0.376 e. The Bertz CT molecular complexity index is 1010. The maximum atomic E-state index is 13.3. The second kappa shape index (κ2) is 6.10. The van der Waals surface area contributed by atoms with Crippen LogP contribution in [0.25, 0.3) is 16.9 Å². The molecule has 0 radical (unpaired) electrons. The number of pyridine rings is 2. The zero-order valence-electron chi connectivity index (χ0n) is 13.4. The van der Waals surface area contributed by atoms with Crippen LogP contribution in [0.3, 0.4) is 0 Å². The van der Waals surface area contributed by atoms with E-state index in [4.69, 9.17) is 11.6 Å². The van der Waals surface area contributed by atoms with Crippen LogP contribution in [0.15, 0.2) is 36.8 Å². The van der Waals surface area contributed by atoms with E-state index < -0.39 is 34.1 Å². The highest BCUT2D eigenvalue weighted by Crippen LogP contribution is 2.42. The van der Waals surface area contributed by atoms with Gasteiger partial charge in [-0.1, -0.05) is 11.6 Å². The van der Waals surface area contributed by atoms with Gasteiger partial charge in [0.05, 0.1) is 21.6 Å². The average molecular weight is 410 g/mol. The molecule has 11 heteroatoms. The Balaban J connectivity index is 2.26. The van der Waals surface area contributed by atoms with Gasteiger partial charge in [-0.05, 0) is 25.1 Å². The van der Waals surface area contributed by atoms with Gasteiger partial charge in [-0.3, -0.25) is 9.55 Å². The Morgan fingerprint density at radius 1 is 1.11 bits per heavy atom. The SMILES string of the molecule is CC(O)(c1cn(-c2ncc(C(F)(F)F)cc2Cl)c2cccnc12)C(F)(F)F. The van der Waals surface area contributed by atoms with Gasteiger partial charge in [-0.2, -0.15) is 26.3 Å². The lowest BCUT2D eigenvalue weighted by molar-refractivity contribution is -0.258. The quantitative estimate of drug-likeness (QED) is 0.615. The fourth-order valence-corrected chi connectivity index (χ4v) is 2.76. The number of halogens is 7. The van der Waals surface area contributed by atoms with Gasteiger partial charge < -0.3 is 5.11 Å². The first kappa shape index (κ1) is 19.4. The van der Waals surface area contributed by atoms with Crippen LogP contribution in [-0.2, 0) is 11.8 Å². The average Bonchev–Trinajstić information content (AvgIpc) is 2.93. The Hall–Kier alpha value is -2.33. The lowest BCUT2D eigenvalue weighted by atomic mass is 9.97. The number of alkyl halides is 6. The Morgan fingerprint density at radius 2 is 1.78 bits per heavy atom. The highest BCUT2D eigenvalue weighted by molar-refractivity contribution is 6.32. The molecule has 1 N–H and O–H groups in total. The van der Waals surface area contributed by atoms with Gasteiger partial charge in [0.15, 0.2) is 11.4 Å². The molecule has 0 spiro atoms. The first-order chi connectivity index (χ1) is 12.3. The van der Waals surface area contributed by atoms with Crippen molar-refractivity contribution in [3.05, 3.63) is 52.9 Å². The predicted molar refractivity (Wildman–Crippen MR) is 84.5 cm³/mol. The summed E-state index contributed by atoms with van der Waals surface area (Å²) >= 11 is 5.90. The number of aliphatic hydroxyl groups is 1. The molecule has 0 bridgehead atoms. The third kappa shape index (κ3) is 3.23. The van der Waals surface area contributed by atoms with Crippen molar-refractivity contribution in [2.45, 2.75) is 24.9 Å². The molecule has 0 amide bonds. The Kier molecular flexibility index (Phi) is 4.39. The van der Waals surface area contributed by atoms with E-state index in [-0.39, 0.29) is 16.9 Å². The molecule has 1 atom stereocenters. The maximum absolute atomic E-state index is 13.3. The van der Waals surface area contributed by atoms with Gasteiger partial charge in [0, 0.05) is 24.2 Å². The molecule has 0 saturated carbocycles. The lowest BCUT2D eigenvalue weighted by Crippen LogP contribution is -2.39. The molecule has 0 fully saturated rings. The number of hydrogen-bond acceptors (Lipinski definition) is 3. The van der Waals surface area contributed by atoms with Gasteiger partial charge in [-0.15, -0.1) is 0 Å². The molecular formula is C16H10ClF6N3O. The second-order valence-electron chi connectivity index (χ2n) is 5.88. The van der Waals surface area contributed by atoms with Crippen molar-refractivity contribution >= 4 is 22.6 Å². The lowest BCUT2D eigenvalue weighted by Gasteiger charge is -2.25. The highest BCUT2D eigenvalue weighted by Gasteiger charge is 2.53. The van der Waals surface area contributed by atoms with Crippen LogP contribution < -0.4 is 0 Å². The predicted octanol–water partition coefficient (Wildman–Crippen LogP) is 4.86. The van der Waals surface area contributed by atoms with E-state index in [9.17, 15) is 31.4 Å². The molecule has 3 heterocycles. The molecule has 1 unspecified atom stereocenters. The molecule has 144 valence electrons. The minimum absolute atomic E-state index is 0.0891. The van der Waals surface area contributed by atoms with Crippen molar-refractivity contribution in [3.63, 3.8) is 0 Å². The van der Waals surface area contributed by atoms with Gasteiger partial charge in [-0.25, -0.2) is 4.98 Å². The van der Waals surface area contributed by atoms with Crippen molar-refractivity contribution < 1.29 is 31.4 Å². The molecule has 3 aromatic rings. The second-order valence-corrected chi connectivity index (χ2v) is 6.29. The number of fused-ring (bicyclic) bond motifs is 1. The van der Waals surface area contributed by atoms with Crippen LogP contribution in [0.4, 0.5) is 26.3 Å². The fraction of sp³-hybridized carbons (Fsp3) is 0.250. The Labute approximate surface area is 153 Å². The van der Waals surface area contributed by atoms with Crippen LogP contribution in [0.2, 0.25) is 5.02 Å². The van der Waals surface area contributed by atoms with E-state index in [2.05, 4.69) is 9.97 Å². The van der Waals surface area contributed by atoms with E-state index in [0.717, 1.165) is 10.8 Å². The molecule has 0 aliphatic rings. The topological polar surface area (TPSA) is 50.9 Å². The normalized spacial score (nSPS) is 15.1. The van der Waals surface area contributed by atoms with Gasteiger partial charge in [0.25, 0.3) is 0 Å². The third-order valence-electron chi connectivity index (χ3n) is 4.01. The van der Waals surface area contributed by atoms with Crippen molar-refractivity contribution in [1.82, 2.24) is 14.5 Å². The van der Waals surface area contributed by atoms with Crippen molar-refractivity contribution in [3.8, 4) is 5.82 Å². The molecule has 4 nitrogen and oxygen atoms in total. The monoisotopic (exact) mass is 409 g/mol. The molecule has 27 heavy (non-hydrogen) atoms.